The van der Waals surface area contributed by atoms with Gasteiger partial charge in [-0.1, -0.05) is 36.4 Å². The zero-order valence-electron chi connectivity index (χ0n) is 15.1. The first-order chi connectivity index (χ1) is 12.7. The summed E-state index contributed by atoms with van der Waals surface area (Å²) in [5.41, 5.74) is 2.37. The number of aromatic amines is 1. The molecular formula is C21H26N3O2+. The van der Waals surface area contributed by atoms with Gasteiger partial charge >= 0.3 is 0 Å². The predicted molar refractivity (Wildman–Crippen MR) is 104 cm³/mol. The average Bonchev–Trinajstić information content (AvgIpc) is 3.06. The second-order valence-corrected chi connectivity index (χ2v) is 6.50. The number of fused-ring (bicyclic) bond motifs is 1. The number of carbonyl (C=O) groups excluding carboxylic acids is 1. The number of amides is 1. The molecule has 2 aromatic carbocycles. The highest BCUT2D eigenvalue weighted by molar-refractivity contribution is 5.83. The third-order valence-corrected chi connectivity index (χ3v) is 4.39. The number of benzene rings is 2. The molecule has 1 amide bonds. The molecule has 5 heteroatoms. The van der Waals surface area contributed by atoms with Crippen LogP contribution >= 0.6 is 0 Å². The topological polar surface area (TPSA) is 58.6 Å². The summed E-state index contributed by atoms with van der Waals surface area (Å²) in [6.07, 6.45) is 2.85. The molecular weight excluding hydrogens is 326 g/mol. The van der Waals surface area contributed by atoms with E-state index in [4.69, 9.17) is 4.74 Å². The third kappa shape index (κ3) is 5.10. The molecule has 0 aliphatic rings. The summed E-state index contributed by atoms with van der Waals surface area (Å²) in [6, 6.07) is 18.0. The molecule has 5 nitrogen and oxygen atoms in total. The summed E-state index contributed by atoms with van der Waals surface area (Å²) in [5.74, 6) is 0.936. The van der Waals surface area contributed by atoms with Crippen molar-refractivity contribution in [2.75, 3.05) is 33.3 Å². The fraction of sp³-hybridized carbons (Fsp3) is 0.286. The molecule has 1 aromatic heterocycles. The molecule has 3 aromatic rings. The van der Waals surface area contributed by atoms with Gasteiger partial charge in [0.15, 0.2) is 6.54 Å². The van der Waals surface area contributed by atoms with E-state index < -0.39 is 0 Å². The Morgan fingerprint density at radius 2 is 1.88 bits per heavy atom. The number of ether oxygens (including phenoxy) is 1. The molecule has 0 spiro atoms. The van der Waals surface area contributed by atoms with Crippen molar-refractivity contribution < 1.29 is 14.4 Å². The third-order valence-electron chi connectivity index (χ3n) is 4.39. The summed E-state index contributed by atoms with van der Waals surface area (Å²) in [7, 11) is 2.01. The Morgan fingerprint density at radius 3 is 2.73 bits per heavy atom. The number of H-pyrrole nitrogens is 1. The van der Waals surface area contributed by atoms with Crippen LogP contribution in [0.25, 0.3) is 10.9 Å². The van der Waals surface area contributed by atoms with E-state index in [-0.39, 0.29) is 5.91 Å². The standard InChI is InChI=1S/C21H25N3O2/c1-24(13-14-26-18-7-3-2-4-8-18)16-21(25)22-12-11-17-15-23-20-10-6-5-9-19(17)20/h2-10,15,23H,11-14,16H2,1H3,(H,22,25)/p+1. The summed E-state index contributed by atoms with van der Waals surface area (Å²) in [5, 5.41) is 4.23. The number of para-hydroxylation sites is 2. The van der Waals surface area contributed by atoms with E-state index in [1.807, 2.05) is 55.7 Å². The van der Waals surface area contributed by atoms with Crippen molar-refractivity contribution in [3.05, 3.63) is 66.4 Å². The fourth-order valence-corrected chi connectivity index (χ4v) is 2.96. The maximum Gasteiger partial charge on any atom is 0.275 e. The maximum absolute atomic E-state index is 12.1. The van der Waals surface area contributed by atoms with Crippen molar-refractivity contribution in [1.82, 2.24) is 10.3 Å². The molecule has 136 valence electrons. The number of hydrogen-bond donors (Lipinski definition) is 3. The van der Waals surface area contributed by atoms with Crippen molar-refractivity contribution >= 4 is 16.8 Å². The largest absolute Gasteiger partial charge is 0.488 e. The first-order valence-electron chi connectivity index (χ1n) is 9.03. The Balaban J connectivity index is 1.34. The van der Waals surface area contributed by atoms with Crippen LogP contribution in [-0.2, 0) is 11.2 Å². The van der Waals surface area contributed by atoms with E-state index in [9.17, 15) is 4.79 Å². The minimum Gasteiger partial charge on any atom is -0.488 e. The van der Waals surface area contributed by atoms with E-state index in [1.54, 1.807) is 0 Å². The molecule has 3 N–H and O–H groups in total. The summed E-state index contributed by atoms with van der Waals surface area (Å²) < 4.78 is 5.67. The van der Waals surface area contributed by atoms with Crippen LogP contribution in [-0.4, -0.2) is 44.2 Å². The van der Waals surface area contributed by atoms with Crippen LogP contribution < -0.4 is 15.0 Å². The van der Waals surface area contributed by atoms with E-state index in [1.165, 1.54) is 10.9 Å². The van der Waals surface area contributed by atoms with Crippen LogP contribution in [0, 0.1) is 0 Å². The second kappa shape index (κ2) is 9.06. The van der Waals surface area contributed by atoms with Crippen molar-refractivity contribution in [3.8, 4) is 5.75 Å². The van der Waals surface area contributed by atoms with Gasteiger partial charge in [0.25, 0.3) is 5.91 Å². The Hall–Kier alpha value is -2.79. The van der Waals surface area contributed by atoms with E-state index in [0.29, 0.717) is 19.7 Å². The summed E-state index contributed by atoms with van der Waals surface area (Å²) in [6.45, 7) is 2.48. The van der Waals surface area contributed by atoms with E-state index in [2.05, 4.69) is 22.4 Å². The van der Waals surface area contributed by atoms with E-state index in [0.717, 1.165) is 29.1 Å². The summed E-state index contributed by atoms with van der Waals surface area (Å²) >= 11 is 0. The zero-order valence-corrected chi connectivity index (χ0v) is 15.1. The van der Waals surface area contributed by atoms with Gasteiger partial charge in [-0.2, -0.15) is 0 Å². The van der Waals surface area contributed by atoms with Crippen molar-refractivity contribution in [2.24, 2.45) is 0 Å². The van der Waals surface area contributed by atoms with Crippen LogP contribution in [0.3, 0.4) is 0 Å². The number of likely N-dealkylation sites (N-methyl/N-ethyl adjacent to an activating group) is 1. The van der Waals surface area contributed by atoms with Crippen LogP contribution in [0.15, 0.2) is 60.8 Å². The molecule has 0 aliphatic carbocycles. The number of rotatable bonds is 9. The van der Waals surface area contributed by atoms with Gasteiger partial charge in [0.1, 0.15) is 18.9 Å². The average molecular weight is 352 g/mol. The first-order valence-corrected chi connectivity index (χ1v) is 9.03. The van der Waals surface area contributed by atoms with Crippen LogP contribution in [0.4, 0.5) is 0 Å². The number of hydrogen-bond acceptors (Lipinski definition) is 2. The van der Waals surface area contributed by atoms with Crippen molar-refractivity contribution in [2.45, 2.75) is 6.42 Å². The minimum atomic E-state index is 0.0713. The predicted octanol–water partition coefficient (Wildman–Crippen LogP) is 1.42. The lowest BCUT2D eigenvalue weighted by molar-refractivity contribution is -0.871. The zero-order chi connectivity index (χ0) is 18.2. The van der Waals surface area contributed by atoms with Gasteiger partial charge in [0, 0.05) is 23.6 Å². The Morgan fingerprint density at radius 1 is 1.12 bits per heavy atom. The van der Waals surface area contributed by atoms with Crippen molar-refractivity contribution in [1.29, 1.82) is 0 Å². The minimum absolute atomic E-state index is 0.0713. The quantitative estimate of drug-likeness (QED) is 0.546. The molecule has 3 rings (SSSR count). The highest BCUT2D eigenvalue weighted by Gasteiger charge is 2.10. The molecule has 0 fully saturated rings. The van der Waals surface area contributed by atoms with Gasteiger partial charge in [-0.25, -0.2) is 0 Å². The van der Waals surface area contributed by atoms with Crippen molar-refractivity contribution in [3.63, 3.8) is 0 Å². The van der Waals surface area contributed by atoms with Gasteiger partial charge in [0.05, 0.1) is 7.05 Å². The SMILES string of the molecule is C[NH+](CCOc1ccccc1)CC(=O)NCCc1c[nH]c2ccccc12. The molecule has 0 saturated heterocycles. The monoisotopic (exact) mass is 352 g/mol. The molecule has 0 bridgehead atoms. The molecule has 0 radical (unpaired) electrons. The number of quaternary nitrogens is 1. The Bertz CT molecular complexity index is 829. The lowest BCUT2D eigenvalue weighted by atomic mass is 10.1. The lowest BCUT2D eigenvalue weighted by Crippen LogP contribution is -3.10. The molecule has 0 aliphatic heterocycles. The van der Waals surface area contributed by atoms with E-state index >= 15 is 0 Å². The Kier molecular flexibility index (Phi) is 6.28. The van der Waals surface area contributed by atoms with Gasteiger partial charge in [-0.15, -0.1) is 0 Å². The molecule has 1 heterocycles. The number of carbonyl (C=O) groups is 1. The van der Waals surface area contributed by atoms with Crippen LogP contribution in [0.2, 0.25) is 0 Å². The van der Waals surface area contributed by atoms with Crippen LogP contribution in [0.1, 0.15) is 5.56 Å². The van der Waals surface area contributed by atoms with Gasteiger partial charge in [-0.3, -0.25) is 4.79 Å². The second-order valence-electron chi connectivity index (χ2n) is 6.50. The molecule has 1 atom stereocenters. The maximum atomic E-state index is 12.1. The number of aromatic nitrogens is 1. The number of nitrogens with one attached hydrogen (secondary N) is 3. The first kappa shape index (κ1) is 18.0. The highest BCUT2D eigenvalue weighted by Crippen LogP contribution is 2.17. The van der Waals surface area contributed by atoms with Gasteiger partial charge in [0.2, 0.25) is 0 Å². The molecule has 1 unspecified atom stereocenters. The van der Waals surface area contributed by atoms with Gasteiger partial charge < -0.3 is 19.9 Å². The molecule has 26 heavy (non-hydrogen) atoms. The normalized spacial score (nSPS) is 12.0. The van der Waals surface area contributed by atoms with Crippen LogP contribution in [0.5, 0.6) is 5.75 Å². The summed E-state index contributed by atoms with van der Waals surface area (Å²) in [4.78, 5) is 16.5. The molecule has 0 saturated carbocycles. The smallest absolute Gasteiger partial charge is 0.275 e. The van der Waals surface area contributed by atoms with Gasteiger partial charge in [-0.05, 0) is 30.2 Å². The fourth-order valence-electron chi connectivity index (χ4n) is 2.96. The Labute approximate surface area is 154 Å². The lowest BCUT2D eigenvalue weighted by Gasteiger charge is -2.14. The highest BCUT2D eigenvalue weighted by atomic mass is 16.5.